The minimum atomic E-state index is -1.18. The summed E-state index contributed by atoms with van der Waals surface area (Å²) in [6.07, 6.45) is 0. The molecular weight excluding hydrogens is 389 g/mol. The van der Waals surface area contributed by atoms with Gasteiger partial charge in [0.25, 0.3) is 5.88 Å². The zero-order valence-electron chi connectivity index (χ0n) is 13.7. The molecule has 0 aliphatic carbocycles. The second-order valence-corrected chi connectivity index (χ2v) is 6.26. The topological polar surface area (TPSA) is 96.1 Å². The van der Waals surface area contributed by atoms with Crippen LogP contribution in [-0.4, -0.2) is 27.7 Å². The molecule has 2 aromatic carbocycles. The number of benzene rings is 2. The van der Waals surface area contributed by atoms with Gasteiger partial charge in [-0.05, 0) is 24.3 Å². The molecule has 0 fully saturated rings. The van der Waals surface area contributed by atoms with Crippen molar-refractivity contribution in [1.82, 2.24) is 9.97 Å². The molecule has 27 heavy (non-hydrogen) atoms. The lowest BCUT2D eigenvalue weighted by molar-refractivity contribution is -0.139. The number of carbonyl (C=O) groups is 1. The van der Waals surface area contributed by atoms with Crippen molar-refractivity contribution < 1.29 is 14.6 Å². The third-order valence-electron chi connectivity index (χ3n) is 3.54. The smallest absolute Gasteiger partial charge is 0.341 e. The molecule has 0 atom stereocenters. The minimum Gasteiger partial charge on any atom is -0.479 e. The number of aliphatic carboxylic acids is 1. The fourth-order valence-corrected chi connectivity index (χ4v) is 2.59. The van der Waals surface area contributed by atoms with Gasteiger partial charge in [0.1, 0.15) is 11.8 Å². The first-order valence-corrected chi connectivity index (χ1v) is 8.42. The van der Waals surface area contributed by atoms with E-state index in [2.05, 4.69) is 9.97 Å². The molecule has 3 rings (SSSR count). The Labute approximate surface area is 164 Å². The highest BCUT2D eigenvalue weighted by Gasteiger charge is 2.18. The summed E-state index contributed by atoms with van der Waals surface area (Å²) in [4.78, 5) is 19.5. The van der Waals surface area contributed by atoms with Crippen LogP contribution in [0, 0.1) is 11.3 Å². The summed E-state index contributed by atoms with van der Waals surface area (Å²) < 4.78 is 5.14. The second kappa shape index (κ2) is 8.04. The fraction of sp³-hybridized carbons (Fsp3) is 0.0526. The largest absolute Gasteiger partial charge is 0.479 e. The summed E-state index contributed by atoms with van der Waals surface area (Å²) in [5.74, 6) is -1.34. The first-order valence-electron chi connectivity index (χ1n) is 7.66. The molecule has 0 aliphatic heterocycles. The van der Waals surface area contributed by atoms with Crippen molar-refractivity contribution in [1.29, 1.82) is 5.26 Å². The Kier molecular flexibility index (Phi) is 5.55. The lowest BCUT2D eigenvalue weighted by Crippen LogP contribution is -2.12. The number of halogens is 2. The van der Waals surface area contributed by atoms with E-state index in [1.54, 1.807) is 48.5 Å². The summed E-state index contributed by atoms with van der Waals surface area (Å²) in [5, 5.41) is 19.3. The predicted molar refractivity (Wildman–Crippen MR) is 101 cm³/mol. The van der Waals surface area contributed by atoms with Gasteiger partial charge in [-0.15, -0.1) is 0 Å². The summed E-state index contributed by atoms with van der Waals surface area (Å²) in [7, 11) is 0. The van der Waals surface area contributed by atoms with E-state index in [4.69, 9.17) is 33.0 Å². The Morgan fingerprint density at radius 2 is 1.44 bits per heavy atom. The Balaban J connectivity index is 2.20. The Bertz CT molecular complexity index is 1030. The van der Waals surface area contributed by atoms with Gasteiger partial charge < -0.3 is 9.84 Å². The van der Waals surface area contributed by atoms with Gasteiger partial charge in [-0.1, -0.05) is 47.5 Å². The first-order chi connectivity index (χ1) is 13.0. The normalized spacial score (nSPS) is 10.3. The number of nitrogens with zero attached hydrogens (tertiary/aromatic N) is 3. The highest BCUT2D eigenvalue weighted by Crippen LogP contribution is 2.33. The Morgan fingerprint density at radius 1 is 0.963 bits per heavy atom. The zero-order chi connectivity index (χ0) is 19.4. The third-order valence-corrected chi connectivity index (χ3v) is 4.04. The molecule has 0 spiro atoms. The van der Waals surface area contributed by atoms with E-state index < -0.39 is 12.6 Å². The summed E-state index contributed by atoms with van der Waals surface area (Å²) in [6.45, 7) is -0.635. The van der Waals surface area contributed by atoms with E-state index in [1.807, 2.05) is 6.07 Å². The lowest BCUT2D eigenvalue weighted by atomic mass is 10.0. The molecule has 0 unspecified atom stereocenters. The average Bonchev–Trinajstić information content (AvgIpc) is 2.67. The third kappa shape index (κ3) is 4.34. The minimum absolute atomic E-state index is 0.112. The molecule has 0 bridgehead atoms. The maximum atomic E-state index is 10.8. The SMILES string of the molecule is N#Cc1nc(-c2ccc(Cl)cc2)c(-c2ccc(Cl)cc2)nc1OCC(=O)O. The number of nitriles is 1. The van der Waals surface area contributed by atoms with Gasteiger partial charge in [0, 0.05) is 21.2 Å². The van der Waals surface area contributed by atoms with Crippen molar-refractivity contribution in [3.05, 3.63) is 64.3 Å². The Morgan fingerprint density at radius 3 is 1.89 bits per heavy atom. The average molecular weight is 400 g/mol. The molecule has 0 amide bonds. The van der Waals surface area contributed by atoms with E-state index in [9.17, 15) is 10.1 Å². The maximum Gasteiger partial charge on any atom is 0.341 e. The number of carboxylic acids is 1. The number of hydrogen-bond donors (Lipinski definition) is 1. The monoisotopic (exact) mass is 399 g/mol. The number of aromatic nitrogens is 2. The van der Waals surface area contributed by atoms with Crippen molar-refractivity contribution in [3.63, 3.8) is 0 Å². The molecule has 8 heteroatoms. The molecule has 0 radical (unpaired) electrons. The molecule has 1 aromatic heterocycles. The van der Waals surface area contributed by atoms with Gasteiger partial charge >= 0.3 is 5.97 Å². The van der Waals surface area contributed by atoms with Crippen molar-refractivity contribution >= 4 is 29.2 Å². The summed E-state index contributed by atoms with van der Waals surface area (Å²) in [5.41, 5.74) is 2.13. The van der Waals surface area contributed by atoms with Crippen molar-refractivity contribution in [2.45, 2.75) is 0 Å². The van der Waals surface area contributed by atoms with Crippen LogP contribution in [0.1, 0.15) is 5.69 Å². The van der Waals surface area contributed by atoms with E-state index in [0.717, 1.165) is 0 Å². The van der Waals surface area contributed by atoms with Gasteiger partial charge in [0.15, 0.2) is 6.61 Å². The fourth-order valence-electron chi connectivity index (χ4n) is 2.34. The summed E-state index contributed by atoms with van der Waals surface area (Å²) in [6, 6.07) is 15.7. The highest BCUT2D eigenvalue weighted by atomic mass is 35.5. The van der Waals surface area contributed by atoms with Crippen LogP contribution in [0.15, 0.2) is 48.5 Å². The van der Waals surface area contributed by atoms with Gasteiger partial charge in [0.2, 0.25) is 5.69 Å². The van der Waals surface area contributed by atoms with Crippen LogP contribution >= 0.6 is 23.2 Å². The molecule has 0 saturated heterocycles. The lowest BCUT2D eigenvalue weighted by Gasteiger charge is -2.12. The van der Waals surface area contributed by atoms with Crippen molar-refractivity contribution in [3.8, 4) is 34.5 Å². The van der Waals surface area contributed by atoms with Gasteiger partial charge in [-0.25, -0.2) is 14.8 Å². The molecule has 3 aromatic rings. The molecule has 1 heterocycles. The quantitative estimate of drug-likeness (QED) is 0.680. The number of carboxylic acid groups (broad SMARTS) is 1. The first kappa shape index (κ1) is 18.6. The van der Waals surface area contributed by atoms with E-state index in [0.29, 0.717) is 32.6 Å². The molecule has 0 aliphatic rings. The second-order valence-electron chi connectivity index (χ2n) is 5.38. The van der Waals surface area contributed by atoms with Crippen LogP contribution in [-0.2, 0) is 4.79 Å². The predicted octanol–water partition coefficient (Wildman–Crippen LogP) is 4.45. The van der Waals surface area contributed by atoms with E-state index in [1.165, 1.54) is 0 Å². The van der Waals surface area contributed by atoms with Crippen LogP contribution in [0.5, 0.6) is 5.88 Å². The van der Waals surface area contributed by atoms with E-state index >= 15 is 0 Å². The molecular formula is C19H11Cl2N3O3. The van der Waals surface area contributed by atoms with Crippen LogP contribution in [0.2, 0.25) is 10.0 Å². The Hall–Kier alpha value is -3.14. The standard InChI is InChI=1S/C19H11Cl2N3O3/c20-13-5-1-11(2-6-13)17-18(12-3-7-14(21)8-4-12)24-19(15(9-22)23-17)27-10-16(25)26/h1-8H,10H2,(H,25,26). The maximum absolute atomic E-state index is 10.8. The molecule has 6 nitrogen and oxygen atoms in total. The van der Waals surface area contributed by atoms with Crippen LogP contribution in [0.3, 0.4) is 0 Å². The molecule has 1 N–H and O–H groups in total. The van der Waals surface area contributed by atoms with Crippen LogP contribution in [0.4, 0.5) is 0 Å². The van der Waals surface area contributed by atoms with Crippen molar-refractivity contribution in [2.24, 2.45) is 0 Å². The number of rotatable bonds is 5. The molecule has 0 saturated carbocycles. The van der Waals surface area contributed by atoms with Gasteiger partial charge in [-0.3, -0.25) is 0 Å². The van der Waals surface area contributed by atoms with Gasteiger partial charge in [-0.2, -0.15) is 5.26 Å². The highest BCUT2D eigenvalue weighted by molar-refractivity contribution is 6.31. The number of hydrogen-bond acceptors (Lipinski definition) is 5. The van der Waals surface area contributed by atoms with Crippen LogP contribution < -0.4 is 4.74 Å². The van der Waals surface area contributed by atoms with Crippen molar-refractivity contribution in [2.75, 3.05) is 6.61 Å². The number of ether oxygens (including phenoxy) is 1. The van der Waals surface area contributed by atoms with Gasteiger partial charge in [0.05, 0.1) is 5.69 Å². The van der Waals surface area contributed by atoms with Crippen LogP contribution in [0.25, 0.3) is 22.5 Å². The summed E-state index contributed by atoms with van der Waals surface area (Å²) >= 11 is 11.9. The zero-order valence-corrected chi connectivity index (χ0v) is 15.2. The molecule has 134 valence electrons. The van der Waals surface area contributed by atoms with E-state index in [-0.39, 0.29) is 11.6 Å².